The summed E-state index contributed by atoms with van der Waals surface area (Å²) < 4.78 is 5.27. The third-order valence-corrected chi connectivity index (χ3v) is 4.75. The van der Waals surface area contributed by atoms with Crippen molar-refractivity contribution < 1.29 is 19.1 Å². The van der Waals surface area contributed by atoms with Crippen molar-refractivity contribution in [2.24, 2.45) is 5.92 Å². The number of carbonyl (C=O) groups excluding carboxylic acids is 1. The fraction of sp³-hybridized carbons (Fsp3) is 0.625. The number of furan rings is 1. The molecule has 0 saturated carbocycles. The Hall–Kier alpha value is -1.78. The van der Waals surface area contributed by atoms with Gasteiger partial charge in [-0.1, -0.05) is 0 Å². The maximum absolute atomic E-state index is 12.5. The van der Waals surface area contributed by atoms with E-state index in [1.165, 1.54) is 0 Å². The summed E-state index contributed by atoms with van der Waals surface area (Å²) >= 11 is 0. The molecule has 3 heterocycles. The van der Waals surface area contributed by atoms with E-state index in [0.717, 1.165) is 31.4 Å². The molecule has 1 amide bonds. The Balaban J connectivity index is 1.57. The van der Waals surface area contributed by atoms with Gasteiger partial charge in [-0.25, -0.2) is 0 Å². The molecular weight excluding hydrogens is 270 g/mol. The van der Waals surface area contributed by atoms with Crippen LogP contribution in [0, 0.1) is 5.92 Å². The molecule has 0 radical (unpaired) electrons. The number of amides is 1. The fourth-order valence-corrected chi connectivity index (χ4v) is 3.92. The Morgan fingerprint density at radius 2 is 2.00 bits per heavy atom. The quantitative estimate of drug-likeness (QED) is 0.904. The van der Waals surface area contributed by atoms with Crippen molar-refractivity contribution in [2.45, 2.75) is 57.0 Å². The van der Waals surface area contributed by atoms with Gasteiger partial charge in [-0.2, -0.15) is 0 Å². The smallest absolute Gasteiger partial charge is 0.303 e. The Morgan fingerprint density at radius 1 is 1.29 bits per heavy atom. The van der Waals surface area contributed by atoms with Gasteiger partial charge in [0.1, 0.15) is 5.76 Å². The summed E-state index contributed by atoms with van der Waals surface area (Å²) in [5.74, 6) is 0.537. The number of nitrogens with zero attached hydrogens (tertiary/aromatic N) is 1. The van der Waals surface area contributed by atoms with Crippen molar-refractivity contribution in [1.82, 2.24) is 4.90 Å². The first-order valence-corrected chi connectivity index (χ1v) is 7.69. The number of carboxylic acid groups (broad SMARTS) is 1. The summed E-state index contributed by atoms with van der Waals surface area (Å²) in [5.41, 5.74) is 0. The summed E-state index contributed by atoms with van der Waals surface area (Å²) in [5, 5.41) is 8.93. The normalized spacial score (nSPS) is 27.8. The molecular formula is C16H21NO4. The number of carboxylic acids is 1. The van der Waals surface area contributed by atoms with E-state index in [1.807, 2.05) is 17.0 Å². The molecule has 2 unspecified atom stereocenters. The molecule has 1 aromatic heterocycles. The van der Waals surface area contributed by atoms with Gasteiger partial charge >= 0.3 is 5.97 Å². The molecule has 2 bridgehead atoms. The molecule has 2 aliphatic heterocycles. The number of rotatable bonds is 5. The van der Waals surface area contributed by atoms with Crippen molar-refractivity contribution in [3.8, 4) is 0 Å². The fourth-order valence-electron chi connectivity index (χ4n) is 3.92. The Labute approximate surface area is 123 Å². The van der Waals surface area contributed by atoms with Gasteiger partial charge in [0.15, 0.2) is 0 Å². The molecule has 3 rings (SSSR count). The summed E-state index contributed by atoms with van der Waals surface area (Å²) in [7, 11) is 0. The number of fused-ring (bicyclic) bond motifs is 2. The van der Waals surface area contributed by atoms with Crippen LogP contribution in [-0.4, -0.2) is 34.0 Å². The van der Waals surface area contributed by atoms with Crippen molar-refractivity contribution in [3.05, 3.63) is 24.2 Å². The maximum Gasteiger partial charge on any atom is 0.303 e. The molecule has 2 saturated heterocycles. The zero-order chi connectivity index (χ0) is 14.8. The lowest BCUT2D eigenvalue weighted by Gasteiger charge is -2.38. The van der Waals surface area contributed by atoms with Crippen LogP contribution in [0.15, 0.2) is 22.8 Å². The van der Waals surface area contributed by atoms with Crippen LogP contribution in [-0.2, 0) is 16.0 Å². The van der Waals surface area contributed by atoms with Crippen molar-refractivity contribution in [3.63, 3.8) is 0 Å². The first-order valence-electron chi connectivity index (χ1n) is 7.69. The monoisotopic (exact) mass is 291 g/mol. The lowest BCUT2D eigenvalue weighted by Crippen LogP contribution is -2.46. The van der Waals surface area contributed by atoms with Crippen molar-refractivity contribution in [2.75, 3.05) is 0 Å². The number of carbonyl (C=O) groups is 2. The molecule has 21 heavy (non-hydrogen) atoms. The molecule has 0 aromatic carbocycles. The van der Waals surface area contributed by atoms with E-state index in [2.05, 4.69) is 0 Å². The molecule has 1 aromatic rings. The Morgan fingerprint density at radius 3 is 2.57 bits per heavy atom. The topological polar surface area (TPSA) is 70.8 Å². The zero-order valence-electron chi connectivity index (χ0n) is 12.0. The summed E-state index contributed by atoms with van der Waals surface area (Å²) in [6.45, 7) is 0. The minimum atomic E-state index is -0.725. The van der Waals surface area contributed by atoms with Gasteiger partial charge in [0.25, 0.3) is 0 Å². The number of aryl methyl sites for hydroxylation is 1. The van der Waals surface area contributed by atoms with Gasteiger partial charge in [0.2, 0.25) is 5.91 Å². The third-order valence-electron chi connectivity index (χ3n) is 4.75. The van der Waals surface area contributed by atoms with Crippen LogP contribution < -0.4 is 0 Å². The minimum Gasteiger partial charge on any atom is -0.481 e. The van der Waals surface area contributed by atoms with Crippen LogP contribution in [0.4, 0.5) is 0 Å². The second kappa shape index (κ2) is 5.92. The largest absolute Gasteiger partial charge is 0.481 e. The number of aliphatic carboxylic acids is 1. The van der Waals surface area contributed by atoms with E-state index in [0.29, 0.717) is 12.8 Å². The lowest BCUT2D eigenvalue weighted by atomic mass is 9.88. The molecule has 1 N–H and O–H groups in total. The lowest BCUT2D eigenvalue weighted by molar-refractivity contribution is -0.140. The van der Waals surface area contributed by atoms with Crippen LogP contribution in [0.5, 0.6) is 0 Å². The SMILES string of the molecule is O=C(O)CC1CC2CCC(C1)N2C(=O)CCc1ccco1. The van der Waals surface area contributed by atoms with Gasteiger partial charge < -0.3 is 14.4 Å². The van der Waals surface area contributed by atoms with E-state index in [9.17, 15) is 9.59 Å². The number of piperidine rings is 1. The van der Waals surface area contributed by atoms with Crippen LogP contribution >= 0.6 is 0 Å². The highest BCUT2D eigenvalue weighted by Gasteiger charge is 2.43. The predicted octanol–water partition coefficient (Wildman–Crippen LogP) is 2.46. The number of hydrogen-bond acceptors (Lipinski definition) is 3. The molecule has 114 valence electrons. The van der Waals surface area contributed by atoms with Crippen LogP contribution in [0.25, 0.3) is 0 Å². The maximum atomic E-state index is 12.5. The zero-order valence-corrected chi connectivity index (χ0v) is 12.0. The standard InChI is InChI=1S/C16H21NO4/c18-15(6-5-14-2-1-7-21-14)17-12-3-4-13(17)9-11(8-12)10-16(19)20/h1-2,7,11-13H,3-6,8-10H2,(H,19,20). The van der Waals surface area contributed by atoms with Gasteiger partial charge in [0, 0.05) is 31.3 Å². The van der Waals surface area contributed by atoms with Crippen LogP contribution in [0.3, 0.4) is 0 Å². The van der Waals surface area contributed by atoms with Crippen LogP contribution in [0.1, 0.15) is 44.3 Å². The van der Waals surface area contributed by atoms with Crippen LogP contribution in [0.2, 0.25) is 0 Å². The third kappa shape index (κ3) is 3.12. The highest BCUT2D eigenvalue weighted by molar-refractivity contribution is 5.77. The average molecular weight is 291 g/mol. The van der Waals surface area contributed by atoms with E-state index in [-0.39, 0.29) is 30.3 Å². The summed E-state index contributed by atoms with van der Waals surface area (Å²) in [6, 6.07) is 4.22. The Kier molecular flexibility index (Phi) is 3.99. The first kappa shape index (κ1) is 14.2. The van der Waals surface area contributed by atoms with Gasteiger partial charge in [-0.05, 0) is 43.7 Å². The number of hydrogen-bond donors (Lipinski definition) is 1. The molecule has 2 aliphatic rings. The highest BCUT2D eigenvalue weighted by atomic mass is 16.4. The molecule has 5 heteroatoms. The van der Waals surface area contributed by atoms with E-state index in [4.69, 9.17) is 9.52 Å². The Bertz CT molecular complexity index is 496. The second-order valence-corrected chi connectivity index (χ2v) is 6.20. The van der Waals surface area contributed by atoms with E-state index in [1.54, 1.807) is 6.26 Å². The van der Waals surface area contributed by atoms with E-state index >= 15 is 0 Å². The van der Waals surface area contributed by atoms with Crippen molar-refractivity contribution >= 4 is 11.9 Å². The summed E-state index contributed by atoms with van der Waals surface area (Å²) in [6.07, 6.45) is 6.71. The molecule has 5 nitrogen and oxygen atoms in total. The van der Waals surface area contributed by atoms with E-state index < -0.39 is 5.97 Å². The predicted molar refractivity (Wildman–Crippen MR) is 75.7 cm³/mol. The average Bonchev–Trinajstić information content (AvgIpc) is 3.02. The van der Waals surface area contributed by atoms with Gasteiger partial charge in [-0.3, -0.25) is 9.59 Å². The van der Waals surface area contributed by atoms with Crippen molar-refractivity contribution in [1.29, 1.82) is 0 Å². The first-order chi connectivity index (χ1) is 10.1. The van der Waals surface area contributed by atoms with Gasteiger partial charge in [-0.15, -0.1) is 0 Å². The molecule has 2 atom stereocenters. The summed E-state index contributed by atoms with van der Waals surface area (Å²) in [4.78, 5) is 25.3. The highest BCUT2D eigenvalue weighted by Crippen LogP contribution is 2.40. The second-order valence-electron chi connectivity index (χ2n) is 6.20. The molecule has 0 spiro atoms. The minimum absolute atomic E-state index is 0.188. The molecule has 2 fully saturated rings. The van der Waals surface area contributed by atoms with Gasteiger partial charge in [0.05, 0.1) is 6.26 Å². The molecule has 0 aliphatic carbocycles.